The van der Waals surface area contributed by atoms with Gasteiger partial charge in [-0.3, -0.25) is 14.4 Å². The first-order valence-electron chi connectivity index (χ1n) is 14.7. The minimum atomic E-state index is -0.575. The lowest BCUT2D eigenvalue weighted by atomic mass is 10.0. The second-order valence-corrected chi connectivity index (χ2v) is 10.3. The van der Waals surface area contributed by atoms with E-state index in [0.29, 0.717) is 33.8 Å². The highest BCUT2D eigenvalue weighted by molar-refractivity contribution is 6.13. The zero-order valence-corrected chi connectivity index (χ0v) is 26.8. The van der Waals surface area contributed by atoms with Gasteiger partial charge in [0.2, 0.25) is 17.9 Å². The summed E-state index contributed by atoms with van der Waals surface area (Å²) in [5, 5.41) is 30.2. The van der Waals surface area contributed by atoms with Crippen LogP contribution in [-0.2, 0) is 0 Å². The normalized spacial score (nSPS) is 10.8. The van der Waals surface area contributed by atoms with Gasteiger partial charge in [-0.2, -0.15) is 15.3 Å². The number of anilines is 3. The van der Waals surface area contributed by atoms with Crippen LogP contribution in [0.4, 0.5) is 17.1 Å². The average Bonchev–Trinajstić information content (AvgIpc) is 3.10. The van der Waals surface area contributed by atoms with Gasteiger partial charge >= 0.3 is 0 Å². The molecule has 4 rings (SSSR count). The summed E-state index contributed by atoms with van der Waals surface area (Å²) in [5.41, 5.74) is 35.1. The van der Waals surface area contributed by atoms with Crippen molar-refractivity contribution in [2.45, 2.75) is 0 Å². The smallest absolute Gasteiger partial charge is 0.255 e. The molecule has 0 radical (unpaired) electrons. The Labute approximate surface area is 290 Å². The summed E-state index contributed by atoms with van der Waals surface area (Å²) in [4.78, 5) is 40.3. The van der Waals surface area contributed by atoms with Gasteiger partial charge in [-0.1, -0.05) is 36.4 Å². The number of hydrogen-bond donors (Lipinski definition) is 9. The van der Waals surface area contributed by atoms with E-state index >= 15 is 0 Å². The van der Waals surface area contributed by atoms with Gasteiger partial charge in [0.25, 0.3) is 17.7 Å². The van der Waals surface area contributed by atoms with Gasteiger partial charge in [0.05, 0.1) is 18.6 Å². The first-order valence-corrected chi connectivity index (χ1v) is 14.7. The second kappa shape index (κ2) is 17.3. The Balaban J connectivity index is 1.57. The second-order valence-electron chi connectivity index (χ2n) is 10.3. The van der Waals surface area contributed by atoms with Crippen LogP contribution in [0.2, 0.25) is 0 Å². The largest absolute Gasteiger partial charge is 0.369 e. The fourth-order valence-corrected chi connectivity index (χ4v) is 4.07. The highest BCUT2D eigenvalue weighted by atomic mass is 16.2. The van der Waals surface area contributed by atoms with E-state index in [0.717, 1.165) is 0 Å². The molecule has 0 aliphatic rings. The van der Waals surface area contributed by atoms with E-state index in [1.54, 1.807) is 72.8 Å². The molecule has 4 aromatic rings. The van der Waals surface area contributed by atoms with Crippen LogP contribution in [-0.4, -0.2) is 54.2 Å². The molecule has 18 heteroatoms. The van der Waals surface area contributed by atoms with Gasteiger partial charge < -0.3 is 50.4 Å². The summed E-state index contributed by atoms with van der Waals surface area (Å²) in [6.07, 6.45) is 4.29. The molecule has 0 bridgehead atoms. The van der Waals surface area contributed by atoms with E-state index in [4.69, 9.17) is 34.4 Å². The van der Waals surface area contributed by atoms with Crippen molar-refractivity contribution in [3.8, 4) is 0 Å². The predicted octanol–water partition coefficient (Wildman–Crippen LogP) is 1.27. The summed E-state index contributed by atoms with van der Waals surface area (Å²) in [7, 11) is 0. The summed E-state index contributed by atoms with van der Waals surface area (Å²) >= 11 is 0. The topological polar surface area (TPSA) is 318 Å². The van der Waals surface area contributed by atoms with Gasteiger partial charge in [0.1, 0.15) is 0 Å². The number of nitrogens with two attached hydrogens (primary N) is 6. The lowest BCUT2D eigenvalue weighted by Crippen LogP contribution is -2.21. The molecule has 0 heterocycles. The molecule has 0 aliphatic heterocycles. The van der Waals surface area contributed by atoms with E-state index in [9.17, 15) is 14.4 Å². The number of rotatable bonds is 12. The summed E-state index contributed by atoms with van der Waals surface area (Å²) < 4.78 is 0. The average molecular weight is 688 g/mol. The molecule has 0 saturated heterocycles. The Hall–Kier alpha value is -7.89. The van der Waals surface area contributed by atoms with Crippen LogP contribution >= 0.6 is 0 Å². The standard InChI is InChI=1S/C33H33N15O3/c34-31(35)46-40-16-19-1-7-25(8-2-19)43-28(49)22-13-23(29(50)44-26-9-3-20(4-10-26)17-41-47-32(36)37)15-24(14-22)30(51)45-27-11-5-21(6-12-27)18-42-48-33(38)39/h1-18H,(H,43,49)(H,44,50)(H,45,51)(H4,34,35,46)(H4,36,37,47)(H4,38,39,48)/b40-16+,41-17+,42-18+. The number of carbonyl (C=O) groups is 3. The van der Waals surface area contributed by atoms with Crippen molar-refractivity contribution in [1.29, 1.82) is 0 Å². The maximum absolute atomic E-state index is 13.4. The SMILES string of the molecule is NC(N)=N/N=C/c1ccc(NC(=O)c2cc(C(=O)Nc3ccc(/C=N/N=C(N)N)cc3)cc(C(=O)Nc3ccc(/C=N/N=C(N)N)cc3)c2)cc1. The molecular formula is C33H33N15O3. The molecule has 51 heavy (non-hydrogen) atoms. The minimum Gasteiger partial charge on any atom is -0.369 e. The lowest BCUT2D eigenvalue weighted by Gasteiger charge is -2.12. The van der Waals surface area contributed by atoms with Gasteiger partial charge in [-0.05, 0) is 71.3 Å². The maximum atomic E-state index is 13.4. The maximum Gasteiger partial charge on any atom is 0.255 e. The van der Waals surface area contributed by atoms with Crippen molar-refractivity contribution in [3.05, 3.63) is 124 Å². The molecule has 0 spiro atoms. The number of hydrogen-bond acceptors (Lipinski definition) is 9. The van der Waals surface area contributed by atoms with Crippen molar-refractivity contribution < 1.29 is 14.4 Å². The quantitative estimate of drug-likeness (QED) is 0.0587. The Morgan fingerprint density at radius 3 is 0.863 bits per heavy atom. The highest BCUT2D eigenvalue weighted by Gasteiger charge is 2.18. The molecule has 3 amide bonds. The first-order chi connectivity index (χ1) is 24.4. The van der Waals surface area contributed by atoms with Crippen LogP contribution in [0.1, 0.15) is 47.8 Å². The molecule has 15 N–H and O–H groups in total. The van der Waals surface area contributed by atoms with Gasteiger partial charge in [-0.15, -0.1) is 15.3 Å². The zero-order chi connectivity index (χ0) is 36.8. The van der Waals surface area contributed by atoms with E-state index in [1.165, 1.54) is 36.8 Å². The van der Waals surface area contributed by atoms with Crippen molar-refractivity contribution in [1.82, 2.24) is 0 Å². The summed E-state index contributed by atoms with van der Waals surface area (Å²) in [6, 6.07) is 24.0. The molecular weight excluding hydrogens is 654 g/mol. The molecule has 0 unspecified atom stereocenters. The fraction of sp³-hybridized carbons (Fsp3) is 0. The lowest BCUT2D eigenvalue weighted by molar-refractivity contribution is 0.102. The number of amides is 3. The Bertz CT molecular complexity index is 1810. The molecule has 18 nitrogen and oxygen atoms in total. The van der Waals surface area contributed by atoms with Crippen LogP contribution in [0.3, 0.4) is 0 Å². The molecule has 258 valence electrons. The Kier molecular flexibility index (Phi) is 12.2. The molecule has 0 atom stereocenters. The van der Waals surface area contributed by atoms with E-state index in [1.807, 2.05) is 0 Å². The van der Waals surface area contributed by atoms with E-state index in [-0.39, 0.29) is 34.6 Å². The highest BCUT2D eigenvalue weighted by Crippen LogP contribution is 2.19. The number of carbonyl (C=O) groups excluding carboxylic acids is 3. The van der Waals surface area contributed by atoms with Crippen molar-refractivity contribution in [2.24, 2.45) is 65.0 Å². The number of nitrogens with zero attached hydrogens (tertiary/aromatic N) is 6. The Morgan fingerprint density at radius 2 is 0.647 bits per heavy atom. The van der Waals surface area contributed by atoms with Crippen LogP contribution in [0, 0.1) is 0 Å². The Morgan fingerprint density at radius 1 is 0.412 bits per heavy atom. The molecule has 0 saturated carbocycles. The van der Waals surface area contributed by atoms with E-state index in [2.05, 4.69) is 46.6 Å². The summed E-state index contributed by atoms with van der Waals surface area (Å²) in [5.74, 6) is -2.29. The van der Waals surface area contributed by atoms with Crippen molar-refractivity contribution in [3.63, 3.8) is 0 Å². The third kappa shape index (κ3) is 11.7. The number of nitrogens with one attached hydrogen (secondary N) is 3. The van der Waals surface area contributed by atoms with Crippen LogP contribution in [0.15, 0.2) is 122 Å². The number of guanidine groups is 3. The first kappa shape index (κ1) is 36.0. The molecule has 4 aromatic carbocycles. The predicted molar refractivity (Wildman–Crippen MR) is 200 cm³/mol. The summed E-state index contributed by atoms with van der Waals surface area (Å²) in [6.45, 7) is 0. The third-order valence-corrected chi connectivity index (χ3v) is 6.37. The van der Waals surface area contributed by atoms with Crippen molar-refractivity contribution in [2.75, 3.05) is 16.0 Å². The van der Waals surface area contributed by atoms with Gasteiger partial charge in [0, 0.05) is 33.8 Å². The molecule has 0 fully saturated rings. The molecule has 0 aromatic heterocycles. The van der Waals surface area contributed by atoms with E-state index < -0.39 is 17.7 Å². The number of benzene rings is 4. The molecule has 0 aliphatic carbocycles. The van der Waals surface area contributed by atoms with Gasteiger partial charge in [-0.25, -0.2) is 0 Å². The van der Waals surface area contributed by atoms with Crippen LogP contribution in [0.25, 0.3) is 0 Å². The zero-order valence-electron chi connectivity index (χ0n) is 26.8. The minimum absolute atomic E-state index is 0.0452. The van der Waals surface area contributed by atoms with Crippen LogP contribution in [0.5, 0.6) is 0 Å². The monoisotopic (exact) mass is 687 g/mol. The van der Waals surface area contributed by atoms with Crippen LogP contribution < -0.4 is 50.4 Å². The van der Waals surface area contributed by atoms with Gasteiger partial charge in [0.15, 0.2) is 0 Å². The van der Waals surface area contributed by atoms with Crippen molar-refractivity contribution >= 4 is 71.3 Å². The fourth-order valence-electron chi connectivity index (χ4n) is 4.07. The third-order valence-electron chi connectivity index (χ3n) is 6.37.